The van der Waals surface area contributed by atoms with Crippen molar-refractivity contribution >= 4 is 17.3 Å². The number of aromatic nitrogens is 4. The van der Waals surface area contributed by atoms with Crippen molar-refractivity contribution in [3.05, 3.63) is 28.0 Å². The van der Waals surface area contributed by atoms with Gasteiger partial charge in [-0.15, -0.1) is 16.4 Å². The van der Waals surface area contributed by atoms with E-state index in [4.69, 9.17) is 5.11 Å². The lowest BCUT2D eigenvalue weighted by Crippen LogP contribution is -2.05. The molecule has 2 heterocycles. The fourth-order valence-electron chi connectivity index (χ4n) is 1.18. The smallest absolute Gasteiger partial charge is 0.358 e. The molecule has 0 aliphatic rings. The number of hydrogen-bond acceptors (Lipinski definition) is 5. The van der Waals surface area contributed by atoms with Crippen LogP contribution in [0.15, 0.2) is 10.9 Å². The molecule has 0 fully saturated rings. The Morgan fingerprint density at radius 1 is 1.67 bits per heavy atom. The number of carboxylic acids is 1. The van der Waals surface area contributed by atoms with Crippen LogP contribution >= 0.6 is 11.3 Å². The molecular formula is C8H8N4O2S. The molecule has 2 aromatic heterocycles. The summed E-state index contributed by atoms with van der Waals surface area (Å²) in [5.41, 5.74) is 3.10. The van der Waals surface area contributed by atoms with Crippen molar-refractivity contribution in [2.75, 3.05) is 0 Å². The summed E-state index contributed by atoms with van der Waals surface area (Å²) in [5, 5.41) is 18.0. The summed E-state index contributed by atoms with van der Waals surface area (Å²) < 4.78 is 1.53. The second kappa shape index (κ2) is 3.77. The van der Waals surface area contributed by atoms with E-state index in [-0.39, 0.29) is 5.69 Å². The first-order valence-electron chi connectivity index (χ1n) is 4.19. The molecule has 1 N–H and O–H groups in total. The molecule has 0 spiro atoms. The average molecular weight is 224 g/mol. The number of nitrogens with zero attached hydrogens (tertiary/aromatic N) is 4. The van der Waals surface area contributed by atoms with Gasteiger partial charge in [-0.25, -0.2) is 14.5 Å². The zero-order valence-corrected chi connectivity index (χ0v) is 8.73. The van der Waals surface area contributed by atoms with Crippen molar-refractivity contribution in [3.8, 4) is 0 Å². The number of thiazole rings is 1. The molecule has 0 amide bonds. The largest absolute Gasteiger partial charge is 0.476 e. The minimum absolute atomic E-state index is 0.00905. The summed E-state index contributed by atoms with van der Waals surface area (Å²) in [4.78, 5) is 14.8. The first-order valence-corrected chi connectivity index (χ1v) is 5.13. The van der Waals surface area contributed by atoms with Crippen molar-refractivity contribution in [1.82, 2.24) is 20.0 Å². The molecule has 0 aliphatic heterocycles. The summed E-state index contributed by atoms with van der Waals surface area (Å²) in [7, 11) is 0. The predicted molar refractivity (Wildman–Crippen MR) is 52.9 cm³/mol. The third kappa shape index (κ3) is 1.86. The first-order chi connectivity index (χ1) is 7.18. The zero-order chi connectivity index (χ0) is 10.8. The van der Waals surface area contributed by atoms with Crippen molar-refractivity contribution < 1.29 is 9.90 Å². The Morgan fingerprint density at radius 3 is 3.00 bits per heavy atom. The molecule has 2 rings (SSSR count). The Kier molecular flexibility index (Phi) is 2.46. The lowest BCUT2D eigenvalue weighted by molar-refractivity contribution is 0.0689. The Balaban J connectivity index is 2.27. The van der Waals surface area contributed by atoms with Crippen molar-refractivity contribution in [2.45, 2.75) is 13.5 Å². The molecule has 7 heteroatoms. The van der Waals surface area contributed by atoms with Gasteiger partial charge in [-0.05, 0) is 6.92 Å². The predicted octanol–water partition coefficient (Wildman–Crippen LogP) is 0.790. The van der Waals surface area contributed by atoms with Crippen LogP contribution in [0.5, 0.6) is 0 Å². The van der Waals surface area contributed by atoms with Crippen LogP contribution in [0.4, 0.5) is 0 Å². The summed E-state index contributed by atoms with van der Waals surface area (Å²) >= 11 is 1.49. The molecule has 0 atom stereocenters. The third-order valence-electron chi connectivity index (χ3n) is 1.98. The van der Waals surface area contributed by atoms with E-state index in [9.17, 15) is 4.79 Å². The monoisotopic (exact) mass is 224 g/mol. The second-order valence-corrected chi connectivity index (χ2v) is 3.68. The van der Waals surface area contributed by atoms with Gasteiger partial charge in [0, 0.05) is 5.38 Å². The Bertz CT molecular complexity index is 477. The average Bonchev–Trinajstić information content (AvgIpc) is 2.78. The van der Waals surface area contributed by atoms with Crippen LogP contribution in [0.1, 0.15) is 21.9 Å². The van der Waals surface area contributed by atoms with E-state index in [0.29, 0.717) is 12.2 Å². The van der Waals surface area contributed by atoms with Crippen molar-refractivity contribution in [2.24, 2.45) is 0 Å². The fourth-order valence-corrected chi connectivity index (χ4v) is 1.73. The molecule has 6 nitrogen and oxygen atoms in total. The number of hydrogen-bond donors (Lipinski definition) is 1. The van der Waals surface area contributed by atoms with Gasteiger partial charge in [-0.1, -0.05) is 5.21 Å². The van der Waals surface area contributed by atoms with Gasteiger partial charge >= 0.3 is 5.97 Å². The van der Waals surface area contributed by atoms with Crippen LogP contribution in [0.25, 0.3) is 0 Å². The minimum Gasteiger partial charge on any atom is -0.476 e. The van der Waals surface area contributed by atoms with E-state index in [1.807, 2.05) is 5.38 Å². The highest BCUT2D eigenvalue weighted by molar-refractivity contribution is 7.07. The molecular weight excluding hydrogens is 216 g/mol. The summed E-state index contributed by atoms with van der Waals surface area (Å²) in [6.07, 6.45) is 0. The lowest BCUT2D eigenvalue weighted by atomic mass is 10.3. The number of carbonyl (C=O) groups is 1. The molecule has 2 aromatic rings. The Labute approximate surface area is 89.2 Å². The zero-order valence-electron chi connectivity index (χ0n) is 7.91. The Morgan fingerprint density at radius 2 is 2.47 bits per heavy atom. The van der Waals surface area contributed by atoms with Crippen molar-refractivity contribution in [3.63, 3.8) is 0 Å². The third-order valence-corrected chi connectivity index (χ3v) is 2.62. The number of rotatable bonds is 3. The molecule has 0 saturated carbocycles. The van der Waals surface area contributed by atoms with Gasteiger partial charge in [0.25, 0.3) is 0 Å². The lowest BCUT2D eigenvalue weighted by Gasteiger charge is -1.99. The maximum Gasteiger partial charge on any atom is 0.358 e. The molecule has 78 valence electrons. The van der Waals surface area contributed by atoms with E-state index in [0.717, 1.165) is 5.69 Å². The topological polar surface area (TPSA) is 80.9 Å². The normalized spacial score (nSPS) is 10.5. The highest BCUT2D eigenvalue weighted by Gasteiger charge is 2.15. The van der Waals surface area contributed by atoms with Gasteiger partial charge in [0.2, 0.25) is 0 Å². The number of aromatic carboxylic acids is 1. The SMILES string of the molecule is Cc1c(C(=O)O)nnn1Cc1cscn1. The molecule has 15 heavy (non-hydrogen) atoms. The van der Waals surface area contributed by atoms with Crippen LogP contribution in [-0.2, 0) is 6.54 Å². The standard InChI is InChI=1S/C8H8N4O2S/c1-5-7(8(13)14)10-11-12(5)2-6-3-15-4-9-6/h3-4H,2H2,1H3,(H,13,14). The highest BCUT2D eigenvalue weighted by atomic mass is 32.1. The van der Waals surface area contributed by atoms with Gasteiger partial charge in [-0.3, -0.25) is 0 Å². The number of carboxylic acid groups (broad SMARTS) is 1. The first kappa shape index (κ1) is 9.78. The molecule has 0 radical (unpaired) electrons. The maximum atomic E-state index is 10.7. The van der Waals surface area contributed by atoms with E-state index < -0.39 is 5.97 Å². The second-order valence-electron chi connectivity index (χ2n) is 2.97. The molecule has 0 unspecified atom stereocenters. The summed E-state index contributed by atoms with van der Waals surface area (Å²) in [6.45, 7) is 2.13. The van der Waals surface area contributed by atoms with E-state index in [2.05, 4.69) is 15.3 Å². The molecule has 0 bridgehead atoms. The van der Waals surface area contributed by atoms with Crippen LogP contribution in [-0.4, -0.2) is 31.1 Å². The van der Waals surface area contributed by atoms with Crippen LogP contribution < -0.4 is 0 Å². The fraction of sp³-hybridized carbons (Fsp3) is 0.250. The molecule has 0 saturated heterocycles. The minimum atomic E-state index is -1.06. The van der Waals surface area contributed by atoms with Gasteiger partial charge in [0.15, 0.2) is 5.69 Å². The summed E-state index contributed by atoms with van der Waals surface area (Å²) in [6, 6.07) is 0. The van der Waals surface area contributed by atoms with Gasteiger partial charge < -0.3 is 5.11 Å². The van der Waals surface area contributed by atoms with E-state index in [1.54, 1.807) is 12.4 Å². The van der Waals surface area contributed by atoms with Crippen LogP contribution in [0, 0.1) is 6.92 Å². The van der Waals surface area contributed by atoms with E-state index in [1.165, 1.54) is 16.0 Å². The summed E-state index contributed by atoms with van der Waals surface area (Å²) in [5.74, 6) is -1.06. The molecule has 0 aromatic carbocycles. The highest BCUT2D eigenvalue weighted by Crippen LogP contribution is 2.07. The van der Waals surface area contributed by atoms with Gasteiger partial charge in [0.05, 0.1) is 23.4 Å². The Hall–Kier alpha value is -1.76. The quantitative estimate of drug-likeness (QED) is 0.833. The molecule has 0 aliphatic carbocycles. The van der Waals surface area contributed by atoms with Crippen LogP contribution in [0.3, 0.4) is 0 Å². The maximum absolute atomic E-state index is 10.7. The van der Waals surface area contributed by atoms with Gasteiger partial charge in [-0.2, -0.15) is 0 Å². The van der Waals surface area contributed by atoms with E-state index >= 15 is 0 Å². The van der Waals surface area contributed by atoms with Crippen LogP contribution in [0.2, 0.25) is 0 Å². The van der Waals surface area contributed by atoms with Gasteiger partial charge in [0.1, 0.15) is 0 Å². The van der Waals surface area contributed by atoms with Crippen molar-refractivity contribution in [1.29, 1.82) is 0 Å².